The van der Waals surface area contributed by atoms with Crippen molar-refractivity contribution >= 4 is 38.1 Å². The molecular formula is C26H23F4N5O5S. The molecule has 5 rings (SSSR count). The van der Waals surface area contributed by atoms with Gasteiger partial charge in [-0.2, -0.15) is 13.2 Å². The minimum atomic E-state index is -4.79. The van der Waals surface area contributed by atoms with Gasteiger partial charge in [0, 0.05) is 19.2 Å². The fraction of sp³-hybridized carbons (Fsp3) is 0.269. The zero-order valence-corrected chi connectivity index (χ0v) is 22.4. The Hall–Kier alpha value is -4.40. The van der Waals surface area contributed by atoms with Crippen molar-refractivity contribution in [3.05, 3.63) is 91.1 Å². The average Bonchev–Trinajstić information content (AvgIpc) is 3.72. The number of hydrogen-bond acceptors (Lipinski definition) is 6. The zero-order chi connectivity index (χ0) is 29.9. The third-order valence-corrected chi connectivity index (χ3v) is 7.99. The molecule has 1 aliphatic carbocycles. The van der Waals surface area contributed by atoms with Gasteiger partial charge in [0.2, 0.25) is 10.0 Å². The molecule has 0 radical (unpaired) electrons. The lowest BCUT2D eigenvalue weighted by Crippen LogP contribution is -2.41. The first-order valence-corrected chi connectivity index (χ1v) is 14.0. The van der Waals surface area contributed by atoms with E-state index in [1.807, 2.05) is 0 Å². The van der Waals surface area contributed by atoms with E-state index in [0.29, 0.717) is 18.9 Å². The van der Waals surface area contributed by atoms with Crippen LogP contribution in [0.2, 0.25) is 0 Å². The van der Waals surface area contributed by atoms with E-state index >= 15 is 0 Å². The zero-order valence-electron chi connectivity index (χ0n) is 21.6. The highest BCUT2D eigenvalue weighted by molar-refractivity contribution is 7.92. The topological polar surface area (TPSA) is 124 Å². The van der Waals surface area contributed by atoms with E-state index in [0.717, 1.165) is 25.8 Å². The number of sulfonamides is 1. The quantitative estimate of drug-likeness (QED) is 0.314. The summed E-state index contributed by atoms with van der Waals surface area (Å²) in [5.74, 6) is -1.49. The predicted molar refractivity (Wildman–Crippen MR) is 145 cm³/mol. The molecule has 1 fully saturated rings. The molecule has 0 bridgehead atoms. The van der Waals surface area contributed by atoms with Crippen molar-refractivity contribution in [2.45, 2.75) is 32.0 Å². The number of rotatable bonds is 7. The van der Waals surface area contributed by atoms with Gasteiger partial charge in [-0.05, 0) is 56.2 Å². The number of alkyl halides is 3. The Morgan fingerprint density at radius 2 is 1.71 bits per heavy atom. The van der Waals surface area contributed by atoms with E-state index in [4.69, 9.17) is 0 Å². The number of fused-ring (bicyclic) bond motifs is 1. The van der Waals surface area contributed by atoms with Crippen LogP contribution in [0.25, 0.3) is 16.7 Å². The molecule has 0 saturated heterocycles. The lowest BCUT2D eigenvalue weighted by Gasteiger charge is -2.19. The van der Waals surface area contributed by atoms with Gasteiger partial charge < -0.3 is 5.32 Å². The molecule has 0 amide bonds. The number of nitrogens with zero attached hydrogens (tertiary/aromatic N) is 3. The summed E-state index contributed by atoms with van der Waals surface area (Å²) in [6.45, 7) is 1.44. The molecule has 0 atom stereocenters. The molecule has 2 heterocycles. The molecule has 2 N–H and O–H groups in total. The summed E-state index contributed by atoms with van der Waals surface area (Å²) in [6, 6.07) is 8.08. The molecule has 2 aromatic carbocycles. The van der Waals surface area contributed by atoms with Crippen LogP contribution in [0.15, 0.2) is 62.9 Å². The molecule has 2 aromatic heterocycles. The van der Waals surface area contributed by atoms with E-state index in [-0.39, 0.29) is 39.9 Å². The summed E-state index contributed by atoms with van der Waals surface area (Å²) in [5, 5.41) is 2.36. The average molecular weight is 594 g/mol. The maximum Gasteiger partial charge on any atom is 0.416 e. The third kappa shape index (κ3) is 5.24. The van der Waals surface area contributed by atoms with Crippen LogP contribution in [-0.2, 0) is 23.2 Å². The van der Waals surface area contributed by atoms with Gasteiger partial charge in [0.1, 0.15) is 16.9 Å². The third-order valence-electron chi connectivity index (χ3n) is 6.69. The number of pyridine rings is 1. The van der Waals surface area contributed by atoms with Gasteiger partial charge in [0.05, 0.1) is 34.1 Å². The van der Waals surface area contributed by atoms with Crippen LogP contribution < -0.4 is 26.8 Å². The number of anilines is 3. The predicted octanol–water partition coefficient (Wildman–Crippen LogP) is 3.85. The van der Waals surface area contributed by atoms with E-state index < -0.39 is 56.1 Å². The largest absolute Gasteiger partial charge is 0.416 e. The maximum absolute atomic E-state index is 14.7. The minimum absolute atomic E-state index is 0.124. The molecule has 1 aliphatic rings. The standard InChI is InChI=1S/C26H23F4N5O5S/c1-3-41(39,40)32-15-5-4-6-17(12-15)34-23-22(24(37)35(25(34)38)16-8-9-16)20(13-21(36)33(23)2)31-19-10-7-14(11-18(19)27)26(28,29)30/h4-7,10-13,16,31-32H,3,8-9H2,1-2H3. The molecule has 0 aliphatic heterocycles. The van der Waals surface area contributed by atoms with Crippen LogP contribution in [0.1, 0.15) is 31.4 Å². The number of hydrogen-bond donors (Lipinski definition) is 2. The van der Waals surface area contributed by atoms with Crippen molar-refractivity contribution in [3.8, 4) is 5.69 Å². The number of nitrogens with one attached hydrogen (secondary N) is 2. The summed E-state index contributed by atoms with van der Waals surface area (Å²) < 4.78 is 83.7. The smallest absolute Gasteiger partial charge is 0.352 e. The summed E-state index contributed by atoms with van der Waals surface area (Å²) in [7, 11) is -2.37. The van der Waals surface area contributed by atoms with Crippen molar-refractivity contribution in [1.82, 2.24) is 13.7 Å². The molecule has 0 spiro atoms. The summed E-state index contributed by atoms with van der Waals surface area (Å²) in [6.07, 6.45) is -3.74. The molecule has 10 nitrogen and oxygen atoms in total. The van der Waals surface area contributed by atoms with Crippen molar-refractivity contribution in [2.75, 3.05) is 15.8 Å². The Morgan fingerprint density at radius 1 is 1.00 bits per heavy atom. The number of halogens is 4. The molecule has 1 saturated carbocycles. The van der Waals surface area contributed by atoms with E-state index in [9.17, 15) is 40.4 Å². The van der Waals surface area contributed by atoms with Gasteiger partial charge in [-0.3, -0.25) is 23.4 Å². The summed E-state index contributed by atoms with van der Waals surface area (Å²) >= 11 is 0. The van der Waals surface area contributed by atoms with Crippen LogP contribution in [0, 0.1) is 5.82 Å². The van der Waals surface area contributed by atoms with Crippen LogP contribution in [-0.4, -0.2) is 27.9 Å². The summed E-state index contributed by atoms with van der Waals surface area (Å²) in [4.78, 5) is 40.5. The van der Waals surface area contributed by atoms with E-state index in [1.54, 1.807) is 0 Å². The van der Waals surface area contributed by atoms with Gasteiger partial charge >= 0.3 is 11.9 Å². The highest BCUT2D eigenvalue weighted by atomic mass is 32.2. The Kier molecular flexibility index (Phi) is 6.80. The molecule has 41 heavy (non-hydrogen) atoms. The van der Waals surface area contributed by atoms with Crippen molar-refractivity contribution < 1.29 is 26.0 Å². The van der Waals surface area contributed by atoms with Crippen molar-refractivity contribution in [3.63, 3.8) is 0 Å². The van der Waals surface area contributed by atoms with E-state index in [2.05, 4.69) is 10.0 Å². The molecule has 15 heteroatoms. The molecule has 216 valence electrons. The Morgan fingerprint density at radius 3 is 2.32 bits per heavy atom. The lowest BCUT2D eigenvalue weighted by atomic mass is 10.1. The highest BCUT2D eigenvalue weighted by Crippen LogP contribution is 2.35. The fourth-order valence-electron chi connectivity index (χ4n) is 4.45. The van der Waals surface area contributed by atoms with Gasteiger partial charge in [-0.1, -0.05) is 6.07 Å². The van der Waals surface area contributed by atoms with Crippen LogP contribution in [0.5, 0.6) is 0 Å². The first-order valence-electron chi connectivity index (χ1n) is 12.4. The molecule has 0 unspecified atom stereocenters. The van der Waals surface area contributed by atoms with Crippen LogP contribution >= 0.6 is 0 Å². The fourth-order valence-corrected chi connectivity index (χ4v) is 5.08. The summed E-state index contributed by atoms with van der Waals surface area (Å²) in [5.41, 5.74) is -4.10. The van der Waals surface area contributed by atoms with Crippen molar-refractivity contribution in [1.29, 1.82) is 0 Å². The Balaban J connectivity index is 1.79. The second kappa shape index (κ2) is 9.90. The number of benzene rings is 2. The van der Waals surface area contributed by atoms with E-state index in [1.165, 1.54) is 38.2 Å². The van der Waals surface area contributed by atoms with Gasteiger partial charge in [-0.25, -0.2) is 22.2 Å². The first kappa shape index (κ1) is 28.1. The van der Waals surface area contributed by atoms with Crippen molar-refractivity contribution in [2.24, 2.45) is 7.05 Å². The van der Waals surface area contributed by atoms with Gasteiger partial charge in [-0.15, -0.1) is 0 Å². The Bertz CT molecular complexity index is 1990. The maximum atomic E-state index is 14.7. The second-order valence-electron chi connectivity index (χ2n) is 9.55. The van der Waals surface area contributed by atoms with Gasteiger partial charge in [0.15, 0.2) is 0 Å². The number of aryl methyl sites for hydroxylation is 1. The van der Waals surface area contributed by atoms with Crippen LogP contribution in [0.4, 0.5) is 34.6 Å². The number of aromatic nitrogens is 3. The lowest BCUT2D eigenvalue weighted by molar-refractivity contribution is -0.137. The Labute approximate surface area is 229 Å². The first-order chi connectivity index (χ1) is 19.2. The SMILES string of the molecule is CCS(=O)(=O)Nc1cccc(-n2c(=O)n(C3CC3)c(=O)c3c(Nc4ccc(C(F)(F)F)cc4F)cc(=O)n(C)c32)c1. The highest BCUT2D eigenvalue weighted by Gasteiger charge is 2.32. The normalized spacial score (nSPS) is 13.9. The molecule has 4 aromatic rings. The second-order valence-corrected chi connectivity index (χ2v) is 11.6. The monoisotopic (exact) mass is 593 g/mol. The van der Waals surface area contributed by atoms with Crippen LogP contribution in [0.3, 0.4) is 0 Å². The molecular weight excluding hydrogens is 570 g/mol. The minimum Gasteiger partial charge on any atom is -0.352 e. The van der Waals surface area contributed by atoms with Gasteiger partial charge in [0.25, 0.3) is 11.1 Å².